The minimum Gasteiger partial charge on any atom is -0.481 e. The molecule has 0 aromatic heterocycles. The number of nitrogens with one attached hydrogen (secondary N) is 1. The van der Waals surface area contributed by atoms with Crippen LogP contribution in [0.25, 0.3) is 0 Å². The molecule has 2 unspecified atom stereocenters. The van der Waals surface area contributed by atoms with E-state index >= 15 is 0 Å². The zero-order valence-electron chi connectivity index (χ0n) is 9.95. The van der Waals surface area contributed by atoms with E-state index in [1.165, 1.54) is 0 Å². The lowest BCUT2D eigenvalue weighted by Gasteiger charge is -2.12. The van der Waals surface area contributed by atoms with Crippen LogP contribution in [0.5, 0.6) is 0 Å². The van der Waals surface area contributed by atoms with Gasteiger partial charge in [0.05, 0.1) is 5.92 Å². The van der Waals surface area contributed by atoms with Crippen LogP contribution in [0.3, 0.4) is 0 Å². The number of unbranched alkanes of at least 4 members (excludes halogenated alkanes) is 2. The molecule has 1 saturated carbocycles. The zero-order valence-corrected chi connectivity index (χ0v) is 9.95. The predicted molar refractivity (Wildman–Crippen MR) is 64.2 cm³/mol. The Kier molecular flexibility index (Phi) is 5.55. The molecule has 1 aliphatic rings. The van der Waals surface area contributed by atoms with E-state index in [0.29, 0.717) is 25.7 Å². The molecule has 0 aromatic rings. The molecule has 1 rings (SSSR count). The number of carbonyl (C=O) groups is 2. The summed E-state index contributed by atoms with van der Waals surface area (Å²) < 4.78 is 0. The van der Waals surface area contributed by atoms with E-state index in [0.717, 1.165) is 19.3 Å². The van der Waals surface area contributed by atoms with Crippen LogP contribution in [0.15, 0.2) is 0 Å². The topological polar surface area (TPSA) is 66.4 Å². The lowest BCUT2D eigenvalue weighted by Crippen LogP contribution is -2.33. The maximum atomic E-state index is 11.5. The normalized spacial score (nSPS) is 23.0. The molecule has 1 fully saturated rings. The highest BCUT2D eigenvalue weighted by molar-refractivity contribution is 5.76. The summed E-state index contributed by atoms with van der Waals surface area (Å²) in [6, 6.07) is 0.0382. The molecule has 0 radical (unpaired) electrons. The quantitative estimate of drug-likeness (QED) is 0.544. The zero-order chi connectivity index (χ0) is 12.7. The van der Waals surface area contributed by atoms with Gasteiger partial charge in [0, 0.05) is 18.9 Å². The van der Waals surface area contributed by atoms with E-state index in [2.05, 4.69) is 11.2 Å². The van der Waals surface area contributed by atoms with Crippen molar-refractivity contribution in [1.82, 2.24) is 5.32 Å². The summed E-state index contributed by atoms with van der Waals surface area (Å²) in [5.74, 6) is 1.50. The first-order valence-electron chi connectivity index (χ1n) is 6.09. The van der Waals surface area contributed by atoms with Crippen LogP contribution in [0.4, 0.5) is 0 Å². The molecule has 94 valence electrons. The number of rotatable bonds is 6. The van der Waals surface area contributed by atoms with Crippen LogP contribution >= 0.6 is 0 Å². The highest BCUT2D eigenvalue weighted by Crippen LogP contribution is 2.25. The average Bonchev–Trinajstić information content (AvgIpc) is 2.73. The van der Waals surface area contributed by atoms with Crippen molar-refractivity contribution in [2.45, 2.75) is 51.0 Å². The second kappa shape index (κ2) is 6.95. The van der Waals surface area contributed by atoms with Crippen molar-refractivity contribution in [3.05, 3.63) is 0 Å². The van der Waals surface area contributed by atoms with Gasteiger partial charge < -0.3 is 10.4 Å². The van der Waals surface area contributed by atoms with E-state index < -0.39 is 5.97 Å². The second-order valence-electron chi connectivity index (χ2n) is 4.52. The Balaban J connectivity index is 2.15. The summed E-state index contributed by atoms with van der Waals surface area (Å²) in [6.07, 6.45) is 9.96. The van der Waals surface area contributed by atoms with Gasteiger partial charge in [0.25, 0.3) is 0 Å². The minimum atomic E-state index is -0.754. The fourth-order valence-electron chi connectivity index (χ4n) is 2.15. The van der Waals surface area contributed by atoms with Crippen molar-refractivity contribution < 1.29 is 14.7 Å². The van der Waals surface area contributed by atoms with Gasteiger partial charge in [-0.25, -0.2) is 0 Å². The van der Waals surface area contributed by atoms with Crippen LogP contribution in [0.1, 0.15) is 44.9 Å². The van der Waals surface area contributed by atoms with Gasteiger partial charge in [0.2, 0.25) is 5.91 Å². The molecule has 0 heterocycles. The number of hydrogen-bond donors (Lipinski definition) is 2. The van der Waals surface area contributed by atoms with Crippen molar-refractivity contribution in [3.63, 3.8) is 0 Å². The van der Waals surface area contributed by atoms with Gasteiger partial charge >= 0.3 is 5.97 Å². The molecule has 4 heteroatoms. The molecule has 0 spiro atoms. The molecule has 0 aromatic carbocycles. The summed E-state index contributed by atoms with van der Waals surface area (Å²) in [7, 11) is 0. The van der Waals surface area contributed by atoms with Gasteiger partial charge in [-0.2, -0.15) is 0 Å². The Labute approximate surface area is 102 Å². The van der Waals surface area contributed by atoms with Gasteiger partial charge in [-0.1, -0.05) is 0 Å². The number of carboxylic acid groups (broad SMARTS) is 1. The molecular weight excluding hydrogens is 218 g/mol. The highest BCUT2D eigenvalue weighted by atomic mass is 16.4. The van der Waals surface area contributed by atoms with E-state index in [-0.39, 0.29) is 17.9 Å². The summed E-state index contributed by atoms with van der Waals surface area (Å²) in [5, 5.41) is 11.7. The number of amides is 1. The maximum Gasteiger partial charge on any atom is 0.306 e. The summed E-state index contributed by atoms with van der Waals surface area (Å²) in [4.78, 5) is 22.3. The van der Waals surface area contributed by atoms with Gasteiger partial charge in [-0.15, -0.1) is 12.3 Å². The Hall–Kier alpha value is -1.50. The first kappa shape index (κ1) is 13.6. The predicted octanol–water partition coefficient (Wildman–Crippen LogP) is 1.55. The molecular formula is C13H19NO3. The monoisotopic (exact) mass is 237 g/mol. The summed E-state index contributed by atoms with van der Waals surface area (Å²) in [5.41, 5.74) is 0. The summed E-state index contributed by atoms with van der Waals surface area (Å²) >= 11 is 0. The SMILES string of the molecule is C#CCCCCC(=O)NC1CCC(C(=O)O)C1. The van der Waals surface area contributed by atoms with E-state index in [1.807, 2.05) is 0 Å². The molecule has 4 nitrogen and oxygen atoms in total. The average molecular weight is 237 g/mol. The smallest absolute Gasteiger partial charge is 0.306 e. The fraction of sp³-hybridized carbons (Fsp3) is 0.692. The Bertz CT molecular complexity index is 319. The van der Waals surface area contributed by atoms with Crippen molar-refractivity contribution in [1.29, 1.82) is 0 Å². The van der Waals surface area contributed by atoms with Crippen LogP contribution in [-0.4, -0.2) is 23.0 Å². The van der Waals surface area contributed by atoms with E-state index in [9.17, 15) is 9.59 Å². The summed E-state index contributed by atoms with van der Waals surface area (Å²) in [6.45, 7) is 0. The highest BCUT2D eigenvalue weighted by Gasteiger charge is 2.30. The van der Waals surface area contributed by atoms with Gasteiger partial charge in [-0.3, -0.25) is 9.59 Å². The Morgan fingerprint density at radius 3 is 2.71 bits per heavy atom. The van der Waals surface area contributed by atoms with Crippen LogP contribution in [-0.2, 0) is 9.59 Å². The minimum absolute atomic E-state index is 0.0121. The first-order chi connectivity index (χ1) is 8.13. The number of hydrogen-bond acceptors (Lipinski definition) is 2. The van der Waals surface area contributed by atoms with Crippen molar-refractivity contribution in [3.8, 4) is 12.3 Å². The molecule has 0 bridgehead atoms. The second-order valence-corrected chi connectivity index (χ2v) is 4.52. The molecule has 17 heavy (non-hydrogen) atoms. The van der Waals surface area contributed by atoms with Gasteiger partial charge in [0.1, 0.15) is 0 Å². The maximum absolute atomic E-state index is 11.5. The lowest BCUT2D eigenvalue weighted by molar-refractivity contribution is -0.141. The number of carbonyl (C=O) groups excluding carboxylic acids is 1. The van der Waals surface area contributed by atoms with Crippen molar-refractivity contribution in [2.75, 3.05) is 0 Å². The number of carboxylic acids is 1. The van der Waals surface area contributed by atoms with E-state index in [1.54, 1.807) is 0 Å². The third-order valence-electron chi connectivity index (χ3n) is 3.12. The fourth-order valence-corrected chi connectivity index (χ4v) is 2.15. The Morgan fingerprint density at radius 1 is 1.35 bits per heavy atom. The standard InChI is InChI=1S/C13H19NO3/c1-2-3-4-5-6-12(15)14-11-8-7-10(9-11)13(16)17/h1,10-11H,3-9H2,(H,14,15)(H,16,17). The van der Waals surface area contributed by atoms with Crippen LogP contribution in [0, 0.1) is 18.3 Å². The number of aliphatic carboxylic acids is 1. The lowest BCUT2D eigenvalue weighted by atomic mass is 10.1. The van der Waals surface area contributed by atoms with Crippen molar-refractivity contribution in [2.24, 2.45) is 5.92 Å². The molecule has 2 atom stereocenters. The first-order valence-corrected chi connectivity index (χ1v) is 6.09. The van der Waals surface area contributed by atoms with Crippen LogP contribution in [0.2, 0.25) is 0 Å². The van der Waals surface area contributed by atoms with E-state index in [4.69, 9.17) is 11.5 Å². The van der Waals surface area contributed by atoms with Crippen molar-refractivity contribution >= 4 is 11.9 Å². The molecule has 2 N–H and O–H groups in total. The third-order valence-corrected chi connectivity index (χ3v) is 3.12. The molecule has 1 aliphatic carbocycles. The van der Waals surface area contributed by atoms with Gasteiger partial charge in [0.15, 0.2) is 0 Å². The molecule has 0 aliphatic heterocycles. The Morgan fingerprint density at radius 2 is 2.12 bits per heavy atom. The largest absolute Gasteiger partial charge is 0.481 e. The molecule has 1 amide bonds. The van der Waals surface area contributed by atoms with Crippen LogP contribution < -0.4 is 5.32 Å². The number of terminal acetylenes is 1. The third kappa shape index (κ3) is 4.90. The van der Waals surface area contributed by atoms with Gasteiger partial charge in [-0.05, 0) is 32.1 Å². The molecule has 0 saturated heterocycles.